The molecule has 0 fully saturated rings. The van der Waals surface area contributed by atoms with Crippen molar-refractivity contribution >= 4 is 23.3 Å². The first-order chi connectivity index (χ1) is 11.8. The number of benzene rings is 2. The SMILES string of the molecule is CC1(c2ccc(Cl)cc2F)OC(NC(=O)c2ccccc2)=C(O)C1=O. The Balaban J connectivity index is 1.89. The highest BCUT2D eigenvalue weighted by Gasteiger charge is 2.49. The van der Waals surface area contributed by atoms with Crippen LogP contribution in [-0.4, -0.2) is 16.8 Å². The van der Waals surface area contributed by atoms with Crippen LogP contribution in [-0.2, 0) is 15.1 Å². The van der Waals surface area contributed by atoms with Gasteiger partial charge in [-0.25, -0.2) is 4.39 Å². The molecule has 0 aromatic heterocycles. The second-order valence-corrected chi connectivity index (χ2v) is 6.02. The quantitative estimate of drug-likeness (QED) is 0.878. The molecule has 1 heterocycles. The van der Waals surface area contributed by atoms with Crippen molar-refractivity contribution in [1.82, 2.24) is 5.32 Å². The molecule has 7 heteroatoms. The molecule has 3 rings (SSSR count). The van der Waals surface area contributed by atoms with Gasteiger partial charge in [-0.2, -0.15) is 0 Å². The Hall–Kier alpha value is -2.86. The van der Waals surface area contributed by atoms with Gasteiger partial charge >= 0.3 is 0 Å². The van der Waals surface area contributed by atoms with Gasteiger partial charge in [0.2, 0.25) is 17.2 Å². The molecule has 2 N–H and O–H groups in total. The topological polar surface area (TPSA) is 75.6 Å². The molecular weight excluding hydrogens is 349 g/mol. The number of rotatable bonds is 3. The summed E-state index contributed by atoms with van der Waals surface area (Å²) in [5.74, 6) is -3.39. The number of halogens is 2. The van der Waals surface area contributed by atoms with Crippen molar-refractivity contribution in [3.8, 4) is 0 Å². The molecule has 1 atom stereocenters. The van der Waals surface area contributed by atoms with Crippen molar-refractivity contribution in [2.24, 2.45) is 0 Å². The van der Waals surface area contributed by atoms with E-state index in [1.54, 1.807) is 30.3 Å². The first-order valence-electron chi connectivity index (χ1n) is 7.32. The highest BCUT2D eigenvalue weighted by molar-refractivity contribution is 6.30. The highest BCUT2D eigenvalue weighted by atomic mass is 35.5. The molecule has 0 radical (unpaired) electrons. The fourth-order valence-corrected chi connectivity index (χ4v) is 2.69. The standard InChI is InChI=1S/C18H13ClFNO4/c1-18(12-8-7-11(19)9-13(12)20)15(23)14(22)17(25-18)21-16(24)10-5-3-2-4-6-10/h2-9,22H,1H3,(H,21,24). The zero-order chi connectivity index (χ0) is 18.2. The Kier molecular flexibility index (Phi) is 4.22. The number of carbonyl (C=O) groups is 2. The minimum atomic E-state index is -1.81. The Morgan fingerprint density at radius 2 is 1.92 bits per heavy atom. The fraction of sp³-hybridized carbons (Fsp3) is 0.111. The largest absolute Gasteiger partial charge is 0.501 e. The molecule has 0 bridgehead atoms. The third-order valence-corrected chi connectivity index (χ3v) is 4.11. The lowest BCUT2D eigenvalue weighted by Gasteiger charge is -2.24. The molecule has 2 aromatic rings. The van der Waals surface area contributed by atoms with Crippen molar-refractivity contribution < 1.29 is 23.8 Å². The summed E-state index contributed by atoms with van der Waals surface area (Å²) >= 11 is 5.72. The maximum atomic E-state index is 14.2. The first kappa shape index (κ1) is 17.0. The second kappa shape index (κ2) is 6.22. The summed E-state index contributed by atoms with van der Waals surface area (Å²) in [4.78, 5) is 24.6. The Morgan fingerprint density at radius 3 is 2.56 bits per heavy atom. The van der Waals surface area contributed by atoms with Crippen molar-refractivity contribution in [1.29, 1.82) is 0 Å². The number of nitrogens with one attached hydrogen (secondary N) is 1. The van der Waals surface area contributed by atoms with Crippen molar-refractivity contribution in [3.05, 3.63) is 82.1 Å². The van der Waals surface area contributed by atoms with Gasteiger partial charge in [-0.15, -0.1) is 0 Å². The van der Waals surface area contributed by atoms with Gasteiger partial charge in [-0.1, -0.05) is 35.9 Å². The summed E-state index contributed by atoms with van der Waals surface area (Å²) in [7, 11) is 0. The lowest BCUT2D eigenvalue weighted by molar-refractivity contribution is -0.132. The van der Waals surface area contributed by atoms with Crippen LogP contribution in [0.5, 0.6) is 0 Å². The van der Waals surface area contributed by atoms with Crippen LogP contribution in [0.2, 0.25) is 5.02 Å². The van der Waals surface area contributed by atoms with Crippen molar-refractivity contribution in [2.45, 2.75) is 12.5 Å². The van der Waals surface area contributed by atoms with E-state index in [9.17, 15) is 19.1 Å². The van der Waals surface area contributed by atoms with E-state index >= 15 is 0 Å². The van der Waals surface area contributed by atoms with Crippen LogP contribution in [0.25, 0.3) is 0 Å². The molecule has 1 unspecified atom stereocenters. The smallest absolute Gasteiger partial charge is 0.258 e. The normalized spacial score (nSPS) is 19.7. The van der Waals surface area contributed by atoms with Crippen LogP contribution in [0, 0.1) is 5.82 Å². The van der Waals surface area contributed by atoms with E-state index < -0.39 is 34.8 Å². The van der Waals surface area contributed by atoms with Crippen LogP contribution in [0.15, 0.2) is 60.2 Å². The van der Waals surface area contributed by atoms with E-state index in [0.29, 0.717) is 5.56 Å². The van der Waals surface area contributed by atoms with Gasteiger partial charge in [-0.05, 0) is 31.2 Å². The molecule has 0 aliphatic carbocycles. The van der Waals surface area contributed by atoms with Crippen LogP contribution in [0.4, 0.5) is 4.39 Å². The molecular formula is C18H13ClFNO4. The Bertz CT molecular complexity index is 897. The number of aliphatic hydroxyl groups excluding tert-OH is 1. The van der Waals surface area contributed by atoms with Crippen LogP contribution in [0.1, 0.15) is 22.8 Å². The van der Waals surface area contributed by atoms with E-state index in [0.717, 1.165) is 6.07 Å². The lowest BCUT2D eigenvalue weighted by Crippen LogP contribution is -2.33. The van der Waals surface area contributed by atoms with Gasteiger partial charge in [0, 0.05) is 16.1 Å². The zero-order valence-corrected chi connectivity index (χ0v) is 13.8. The molecule has 0 saturated carbocycles. The minimum Gasteiger partial charge on any atom is -0.501 e. The van der Waals surface area contributed by atoms with E-state index in [1.165, 1.54) is 19.1 Å². The predicted molar refractivity (Wildman–Crippen MR) is 88.4 cm³/mol. The molecule has 1 aliphatic rings. The lowest BCUT2D eigenvalue weighted by atomic mass is 9.91. The van der Waals surface area contributed by atoms with E-state index in [2.05, 4.69) is 5.32 Å². The van der Waals surface area contributed by atoms with E-state index in [4.69, 9.17) is 16.3 Å². The average molecular weight is 362 g/mol. The highest BCUT2D eigenvalue weighted by Crippen LogP contribution is 2.38. The third kappa shape index (κ3) is 2.96. The van der Waals surface area contributed by atoms with Gasteiger partial charge in [0.05, 0.1) is 0 Å². The summed E-state index contributed by atoms with van der Waals surface area (Å²) in [5.41, 5.74) is -1.60. The maximum absolute atomic E-state index is 14.2. The molecule has 1 aliphatic heterocycles. The summed E-state index contributed by atoms with van der Waals surface area (Å²) in [6.45, 7) is 1.31. The second-order valence-electron chi connectivity index (χ2n) is 5.59. The van der Waals surface area contributed by atoms with Crippen molar-refractivity contribution in [3.63, 3.8) is 0 Å². The summed E-state index contributed by atoms with van der Waals surface area (Å²) in [5, 5.41) is 12.5. The van der Waals surface area contributed by atoms with Gasteiger partial charge in [-0.3, -0.25) is 14.9 Å². The van der Waals surface area contributed by atoms with Crippen LogP contribution in [0.3, 0.4) is 0 Å². The molecule has 0 spiro atoms. The average Bonchev–Trinajstić information content (AvgIpc) is 2.80. The number of hydrogen-bond acceptors (Lipinski definition) is 4. The summed E-state index contributed by atoms with van der Waals surface area (Å²) in [6, 6.07) is 11.9. The third-order valence-electron chi connectivity index (χ3n) is 3.88. The van der Waals surface area contributed by atoms with E-state index in [1.807, 2.05) is 0 Å². The molecule has 2 aromatic carbocycles. The van der Waals surface area contributed by atoms with Crippen LogP contribution >= 0.6 is 11.6 Å². The fourth-order valence-electron chi connectivity index (χ4n) is 2.53. The predicted octanol–water partition coefficient (Wildman–Crippen LogP) is 3.45. The molecule has 5 nitrogen and oxygen atoms in total. The number of aliphatic hydroxyl groups is 1. The number of ether oxygens (including phenoxy) is 1. The number of carbonyl (C=O) groups excluding carboxylic acids is 2. The summed E-state index contributed by atoms with van der Waals surface area (Å²) < 4.78 is 19.6. The number of ketones is 1. The van der Waals surface area contributed by atoms with Gasteiger partial charge in [0.1, 0.15) is 5.82 Å². The Morgan fingerprint density at radius 1 is 1.24 bits per heavy atom. The maximum Gasteiger partial charge on any atom is 0.258 e. The van der Waals surface area contributed by atoms with Crippen molar-refractivity contribution in [2.75, 3.05) is 0 Å². The van der Waals surface area contributed by atoms with Gasteiger partial charge < -0.3 is 9.84 Å². The number of hydrogen-bond donors (Lipinski definition) is 2. The number of amides is 1. The zero-order valence-electron chi connectivity index (χ0n) is 13.0. The van der Waals surface area contributed by atoms with E-state index in [-0.39, 0.29) is 10.6 Å². The molecule has 1 amide bonds. The van der Waals surface area contributed by atoms with Crippen LogP contribution < -0.4 is 5.32 Å². The summed E-state index contributed by atoms with van der Waals surface area (Å²) in [6.07, 6.45) is 0. The Labute approximate surface area is 147 Å². The monoisotopic (exact) mass is 361 g/mol. The minimum absolute atomic E-state index is 0.0996. The number of Topliss-reactive ketones (excluding diaryl/α,β-unsaturated/α-hetero) is 1. The molecule has 0 saturated heterocycles. The first-order valence-corrected chi connectivity index (χ1v) is 7.69. The molecule has 128 valence electrons. The molecule has 25 heavy (non-hydrogen) atoms. The van der Waals surface area contributed by atoms with Gasteiger partial charge in [0.25, 0.3) is 11.7 Å². The van der Waals surface area contributed by atoms with Gasteiger partial charge in [0.15, 0.2) is 0 Å².